The van der Waals surface area contributed by atoms with Crippen LogP contribution >= 0.6 is 45.2 Å². The van der Waals surface area contributed by atoms with Crippen molar-refractivity contribution >= 4 is 57.3 Å². The first kappa shape index (κ1) is 31.4. The van der Waals surface area contributed by atoms with E-state index in [4.69, 9.17) is 4.74 Å². The Kier molecular flexibility index (Phi) is 10.5. The van der Waals surface area contributed by atoms with Gasteiger partial charge in [-0.1, -0.05) is 83.5 Å². The van der Waals surface area contributed by atoms with Gasteiger partial charge in [0.2, 0.25) is 5.91 Å². The highest BCUT2D eigenvalue weighted by atomic mass is 127. The van der Waals surface area contributed by atoms with Crippen LogP contribution < -0.4 is 10.2 Å². The number of phenolic OH excluding ortho intramolecular Hbond substituents is 1. The average Bonchev–Trinajstić information content (AvgIpc) is 2.82. The molecule has 5 nitrogen and oxygen atoms in total. The molecule has 0 bridgehead atoms. The summed E-state index contributed by atoms with van der Waals surface area (Å²) in [6, 6.07) is 16.3. The van der Waals surface area contributed by atoms with E-state index in [9.17, 15) is 9.90 Å². The van der Waals surface area contributed by atoms with Gasteiger partial charge in [0.05, 0.1) is 13.4 Å². The first-order chi connectivity index (χ1) is 18.1. The molecule has 0 atom stereocenters. The largest absolute Gasteiger partial charge is 0.507 e. The summed E-state index contributed by atoms with van der Waals surface area (Å²) < 4.78 is 8.05. The predicted molar refractivity (Wildman–Crippen MR) is 177 cm³/mol. The van der Waals surface area contributed by atoms with E-state index in [1.54, 1.807) is 6.21 Å². The molecule has 1 amide bonds. The fourth-order valence-electron chi connectivity index (χ4n) is 4.11. The third-order valence-corrected chi connectivity index (χ3v) is 7.96. The summed E-state index contributed by atoms with van der Waals surface area (Å²) >= 11 is 4.53. The van der Waals surface area contributed by atoms with Crippen molar-refractivity contribution in [1.29, 1.82) is 0 Å². The van der Waals surface area contributed by atoms with Gasteiger partial charge >= 0.3 is 0 Å². The number of carbonyl (C=O) groups is 1. The van der Waals surface area contributed by atoms with Crippen LogP contribution in [-0.2, 0) is 28.7 Å². The lowest BCUT2D eigenvalue weighted by atomic mass is 9.78. The van der Waals surface area contributed by atoms with Crippen molar-refractivity contribution in [3.63, 3.8) is 0 Å². The van der Waals surface area contributed by atoms with Crippen molar-refractivity contribution in [3.05, 3.63) is 89.1 Å². The van der Waals surface area contributed by atoms with Crippen molar-refractivity contribution < 1.29 is 14.6 Å². The molecule has 0 aliphatic rings. The van der Waals surface area contributed by atoms with Crippen molar-refractivity contribution in [2.45, 2.75) is 78.7 Å². The number of nitrogens with zero attached hydrogens (tertiary/aromatic N) is 1. The van der Waals surface area contributed by atoms with Crippen molar-refractivity contribution in [1.82, 2.24) is 5.43 Å². The van der Waals surface area contributed by atoms with Gasteiger partial charge in [-0.15, -0.1) is 0 Å². The summed E-state index contributed by atoms with van der Waals surface area (Å²) in [5, 5.41) is 15.1. The highest BCUT2D eigenvalue weighted by Crippen LogP contribution is 2.40. The predicted octanol–water partition coefficient (Wildman–Crippen LogP) is 8.17. The second kappa shape index (κ2) is 13.0. The number of phenols is 1. The molecular weight excluding hydrogens is 714 g/mol. The topological polar surface area (TPSA) is 70.9 Å². The van der Waals surface area contributed by atoms with E-state index >= 15 is 0 Å². The van der Waals surface area contributed by atoms with Crippen LogP contribution in [0.2, 0.25) is 0 Å². The van der Waals surface area contributed by atoms with Gasteiger partial charge in [0.15, 0.2) is 0 Å². The quantitative estimate of drug-likeness (QED) is 0.139. The molecular formula is C32H38I2N2O3. The number of hydrazone groups is 1. The van der Waals surface area contributed by atoms with Gasteiger partial charge in [0.25, 0.3) is 0 Å². The molecule has 208 valence electrons. The van der Waals surface area contributed by atoms with E-state index in [1.807, 2.05) is 24.3 Å². The third kappa shape index (κ3) is 8.93. The Balaban J connectivity index is 1.62. The highest BCUT2D eigenvalue weighted by Gasteiger charge is 2.26. The Morgan fingerprint density at radius 1 is 0.923 bits per heavy atom. The fraction of sp³-hybridized carbons (Fsp3) is 0.375. The number of nitrogens with one attached hydrogen (secondary N) is 1. The molecule has 0 aliphatic carbocycles. The molecule has 0 aliphatic heterocycles. The Labute approximate surface area is 260 Å². The molecule has 0 fully saturated rings. The number of halogens is 2. The van der Waals surface area contributed by atoms with E-state index < -0.39 is 0 Å². The van der Waals surface area contributed by atoms with Gasteiger partial charge < -0.3 is 9.84 Å². The third-order valence-electron chi connectivity index (χ3n) is 6.35. The fourth-order valence-corrected chi connectivity index (χ4v) is 6.23. The number of hydrogen-bond acceptors (Lipinski definition) is 4. The maximum Gasteiger partial charge on any atom is 0.240 e. The number of rotatable bonds is 8. The van der Waals surface area contributed by atoms with E-state index in [1.165, 1.54) is 5.56 Å². The number of aromatic hydroxyl groups is 1. The minimum Gasteiger partial charge on any atom is -0.507 e. The van der Waals surface area contributed by atoms with Crippen LogP contribution in [0.15, 0.2) is 53.6 Å². The number of ether oxygens (including phenoxy) is 1. The average molecular weight is 752 g/mol. The van der Waals surface area contributed by atoms with Crippen LogP contribution in [0.5, 0.6) is 11.5 Å². The second-order valence-electron chi connectivity index (χ2n) is 11.9. The molecule has 0 heterocycles. The number of carbonyl (C=O) groups excluding carboxylic acids is 1. The lowest BCUT2D eigenvalue weighted by Crippen LogP contribution is -2.20. The van der Waals surface area contributed by atoms with Crippen molar-refractivity contribution in [2.75, 3.05) is 0 Å². The highest BCUT2D eigenvalue weighted by molar-refractivity contribution is 14.1. The van der Waals surface area contributed by atoms with Gasteiger partial charge in [0.1, 0.15) is 18.1 Å². The Morgan fingerprint density at radius 3 is 1.97 bits per heavy atom. The van der Waals surface area contributed by atoms with Gasteiger partial charge in [-0.25, -0.2) is 5.43 Å². The SMILES string of the molecule is Cc1ccc(COc2c(I)cc(/C=N\NC(=O)CCc3cc(C(C)(C)C)c(O)c(C(C)(C)C)c3)cc2I)cc1. The van der Waals surface area contributed by atoms with Crippen molar-refractivity contribution in [3.8, 4) is 11.5 Å². The lowest BCUT2D eigenvalue weighted by molar-refractivity contribution is -0.121. The van der Waals surface area contributed by atoms with Crippen LogP contribution in [0.4, 0.5) is 0 Å². The van der Waals surface area contributed by atoms with Crippen LogP contribution in [0, 0.1) is 14.1 Å². The molecule has 3 aromatic carbocycles. The molecule has 0 aromatic heterocycles. The summed E-state index contributed by atoms with van der Waals surface area (Å²) in [5.74, 6) is 1.04. The molecule has 0 saturated heterocycles. The Morgan fingerprint density at radius 2 is 1.46 bits per heavy atom. The van der Waals surface area contributed by atoms with Gasteiger partial charge in [-0.05, 0) is 109 Å². The first-order valence-corrected chi connectivity index (χ1v) is 15.2. The maximum absolute atomic E-state index is 12.6. The second-order valence-corrected chi connectivity index (χ2v) is 14.2. The molecule has 7 heteroatoms. The van der Waals surface area contributed by atoms with Crippen LogP contribution in [0.3, 0.4) is 0 Å². The van der Waals surface area contributed by atoms with Crippen LogP contribution in [0.1, 0.15) is 81.3 Å². The zero-order chi connectivity index (χ0) is 29.0. The minimum atomic E-state index is -0.205. The summed E-state index contributed by atoms with van der Waals surface area (Å²) in [7, 11) is 0. The van der Waals surface area contributed by atoms with Gasteiger partial charge in [-0.3, -0.25) is 4.79 Å². The summed E-state index contributed by atoms with van der Waals surface area (Å²) in [5.41, 5.74) is 8.31. The number of benzene rings is 3. The minimum absolute atomic E-state index is 0.156. The zero-order valence-electron chi connectivity index (χ0n) is 23.8. The van der Waals surface area contributed by atoms with E-state index in [0.717, 1.165) is 40.7 Å². The van der Waals surface area contributed by atoms with E-state index in [0.29, 0.717) is 25.2 Å². The molecule has 0 unspecified atom stereocenters. The molecule has 3 rings (SSSR count). The molecule has 0 saturated carbocycles. The summed E-state index contributed by atoms with van der Waals surface area (Å²) in [4.78, 5) is 12.6. The van der Waals surface area contributed by atoms with Crippen LogP contribution in [-0.4, -0.2) is 17.2 Å². The smallest absolute Gasteiger partial charge is 0.240 e. The number of amides is 1. The number of hydrogen-bond donors (Lipinski definition) is 2. The monoisotopic (exact) mass is 752 g/mol. The van der Waals surface area contributed by atoms with Crippen molar-refractivity contribution in [2.24, 2.45) is 5.10 Å². The van der Waals surface area contributed by atoms with E-state index in [2.05, 4.69) is 128 Å². The lowest BCUT2D eigenvalue weighted by Gasteiger charge is -2.28. The molecule has 0 radical (unpaired) electrons. The molecule has 3 aromatic rings. The Hall–Kier alpha value is -2.14. The first-order valence-electron chi connectivity index (χ1n) is 13.0. The van der Waals surface area contributed by atoms with Gasteiger partial charge in [0, 0.05) is 6.42 Å². The Bertz CT molecular complexity index is 1290. The molecule has 2 N–H and O–H groups in total. The standard InChI is InChI=1S/C32H38I2N2O3/c1-20-8-10-21(11-9-20)19-39-30-26(33)16-23(17-27(30)34)18-35-36-28(37)13-12-22-14-24(31(2,3)4)29(38)25(15-22)32(5,6)7/h8-11,14-18,38H,12-13,19H2,1-7H3,(H,36,37)/b35-18-. The summed E-state index contributed by atoms with van der Waals surface area (Å²) in [6.07, 6.45) is 2.52. The maximum atomic E-state index is 12.6. The normalized spacial score (nSPS) is 12.1. The molecule has 0 spiro atoms. The van der Waals surface area contributed by atoms with E-state index in [-0.39, 0.29) is 16.7 Å². The summed E-state index contributed by atoms with van der Waals surface area (Å²) in [6.45, 7) is 15.1. The van der Waals surface area contributed by atoms with Gasteiger partial charge in [-0.2, -0.15) is 5.10 Å². The van der Waals surface area contributed by atoms with Crippen LogP contribution in [0.25, 0.3) is 0 Å². The zero-order valence-corrected chi connectivity index (χ0v) is 28.1. The molecule has 39 heavy (non-hydrogen) atoms. The number of aryl methyl sites for hydroxylation is 2.